The van der Waals surface area contributed by atoms with E-state index in [9.17, 15) is 24.9 Å². The average Bonchev–Trinajstić information content (AvgIpc) is 3.22. The van der Waals surface area contributed by atoms with Gasteiger partial charge >= 0.3 is 0 Å². The van der Waals surface area contributed by atoms with Crippen LogP contribution in [0, 0.1) is 0 Å². The highest BCUT2D eigenvalue weighted by atomic mass is 16.5. The number of nitrogens with one attached hydrogen (secondary N) is 1. The molecule has 10 nitrogen and oxygen atoms in total. The third kappa shape index (κ3) is 5.20. The van der Waals surface area contributed by atoms with E-state index in [2.05, 4.69) is 5.32 Å². The van der Waals surface area contributed by atoms with E-state index in [0.29, 0.717) is 54.4 Å². The Morgan fingerprint density at radius 1 is 1.26 bits per heavy atom. The summed E-state index contributed by atoms with van der Waals surface area (Å²) in [6, 6.07) is 2.58. The minimum absolute atomic E-state index is 0.0548. The van der Waals surface area contributed by atoms with Crippen molar-refractivity contribution in [2.24, 2.45) is 0 Å². The summed E-state index contributed by atoms with van der Waals surface area (Å²) in [5, 5.41) is 32.9. The Morgan fingerprint density at radius 2 is 2.03 bits per heavy atom. The second kappa shape index (κ2) is 11.7. The Labute approximate surface area is 199 Å². The molecule has 1 aromatic carbocycles. The van der Waals surface area contributed by atoms with E-state index in [4.69, 9.17) is 14.2 Å². The molecule has 0 bridgehead atoms. The number of rotatable bonds is 11. The summed E-state index contributed by atoms with van der Waals surface area (Å²) in [7, 11) is 1.47. The van der Waals surface area contributed by atoms with Gasteiger partial charge in [-0.05, 0) is 37.1 Å². The topological polar surface area (TPSA) is 138 Å². The molecule has 2 aliphatic rings. The molecule has 0 aromatic heterocycles. The van der Waals surface area contributed by atoms with Gasteiger partial charge in [0.2, 0.25) is 11.8 Å². The maximum Gasteiger partial charge on any atom is 0.247 e. The predicted molar refractivity (Wildman–Crippen MR) is 123 cm³/mol. The maximum atomic E-state index is 13.1. The number of amides is 2. The summed E-state index contributed by atoms with van der Waals surface area (Å²) in [6.45, 7) is 4.26. The number of aliphatic hydroxyl groups is 3. The van der Waals surface area contributed by atoms with E-state index >= 15 is 0 Å². The van der Waals surface area contributed by atoms with E-state index in [1.807, 2.05) is 6.92 Å². The number of ether oxygens (including phenoxy) is 3. The van der Waals surface area contributed by atoms with Crippen LogP contribution in [-0.2, 0) is 20.9 Å². The monoisotopic (exact) mass is 478 g/mol. The van der Waals surface area contributed by atoms with Crippen LogP contribution in [0.3, 0.4) is 0 Å². The number of fused-ring (bicyclic) bond motifs is 3. The quantitative estimate of drug-likeness (QED) is 0.328. The van der Waals surface area contributed by atoms with Gasteiger partial charge < -0.3 is 39.7 Å². The van der Waals surface area contributed by atoms with E-state index in [1.54, 1.807) is 18.2 Å². The lowest BCUT2D eigenvalue weighted by molar-refractivity contribution is -0.135. The van der Waals surface area contributed by atoms with E-state index in [0.717, 1.165) is 0 Å². The van der Waals surface area contributed by atoms with Crippen molar-refractivity contribution in [3.05, 3.63) is 34.9 Å². The van der Waals surface area contributed by atoms with Crippen LogP contribution in [0.25, 0.3) is 0 Å². The first-order valence-corrected chi connectivity index (χ1v) is 11.5. The molecule has 0 saturated carbocycles. The van der Waals surface area contributed by atoms with Crippen LogP contribution in [0.1, 0.15) is 37.3 Å². The molecule has 1 aliphatic heterocycles. The summed E-state index contributed by atoms with van der Waals surface area (Å²) in [5.74, 6) is -0.543. The second-order valence-corrected chi connectivity index (χ2v) is 8.28. The minimum atomic E-state index is -1.12. The molecule has 34 heavy (non-hydrogen) atoms. The number of aliphatic hydroxyl groups excluding tert-OH is 3. The Kier molecular flexibility index (Phi) is 8.90. The number of methoxy groups -OCH3 is 1. The largest absolute Gasteiger partial charge is 0.493 e. The molecule has 188 valence electrons. The van der Waals surface area contributed by atoms with Crippen LogP contribution in [0.2, 0.25) is 0 Å². The van der Waals surface area contributed by atoms with Crippen LogP contribution >= 0.6 is 0 Å². The van der Waals surface area contributed by atoms with E-state index in [1.165, 1.54) is 18.9 Å². The SMILES string of the molecule is CCOCCCN(C(C)=O)C1C=C(C(=O)NCCO)C2c3cc(CO)cc(OC)c3OC2C1O. The van der Waals surface area contributed by atoms with Gasteiger partial charge in [0.05, 0.1) is 32.3 Å². The summed E-state index contributed by atoms with van der Waals surface area (Å²) < 4.78 is 17.0. The second-order valence-electron chi connectivity index (χ2n) is 8.28. The highest BCUT2D eigenvalue weighted by Gasteiger charge is 2.51. The molecule has 0 saturated heterocycles. The van der Waals surface area contributed by atoms with Gasteiger partial charge in [-0.1, -0.05) is 0 Å². The smallest absolute Gasteiger partial charge is 0.247 e. The van der Waals surface area contributed by atoms with Gasteiger partial charge in [0.15, 0.2) is 11.5 Å². The lowest BCUT2D eigenvalue weighted by Crippen LogP contribution is -2.55. The summed E-state index contributed by atoms with van der Waals surface area (Å²) in [5.41, 5.74) is 1.51. The van der Waals surface area contributed by atoms with Crippen LogP contribution in [0.15, 0.2) is 23.8 Å². The number of hydrogen-bond donors (Lipinski definition) is 4. The van der Waals surface area contributed by atoms with Gasteiger partial charge in [0, 0.05) is 44.4 Å². The lowest BCUT2D eigenvalue weighted by Gasteiger charge is -2.40. The third-order valence-electron chi connectivity index (χ3n) is 6.15. The Balaban J connectivity index is 2.04. The molecule has 2 amide bonds. The molecule has 0 fully saturated rings. The standard InChI is InChI=1S/C24H34N2O8/c1-4-33-9-5-7-26(14(2)29)18-12-17(24(31)25-6-8-27)20-16-10-15(13-28)11-19(32-3)22(16)34-23(20)21(18)30/h10-12,18,20-21,23,27-28,30H,4-9,13H2,1-3H3,(H,25,31). The van der Waals surface area contributed by atoms with Crippen LogP contribution in [-0.4, -0.2) is 90.3 Å². The highest BCUT2D eigenvalue weighted by Crippen LogP contribution is 2.51. The zero-order valence-electron chi connectivity index (χ0n) is 19.8. The lowest BCUT2D eigenvalue weighted by atomic mass is 9.77. The molecule has 3 rings (SSSR count). The molecule has 1 aliphatic carbocycles. The fourth-order valence-corrected chi connectivity index (χ4v) is 4.62. The molecular weight excluding hydrogens is 444 g/mol. The van der Waals surface area contributed by atoms with Gasteiger partial charge in [-0.3, -0.25) is 9.59 Å². The van der Waals surface area contributed by atoms with E-state index in [-0.39, 0.29) is 25.7 Å². The highest BCUT2D eigenvalue weighted by molar-refractivity contribution is 5.96. The van der Waals surface area contributed by atoms with Gasteiger partial charge in [-0.25, -0.2) is 0 Å². The van der Waals surface area contributed by atoms with Crippen LogP contribution in [0.4, 0.5) is 0 Å². The van der Waals surface area contributed by atoms with Gasteiger partial charge in [-0.2, -0.15) is 0 Å². The first-order valence-electron chi connectivity index (χ1n) is 11.5. The van der Waals surface area contributed by atoms with E-state index < -0.39 is 30.1 Å². The zero-order chi connectivity index (χ0) is 24.8. The van der Waals surface area contributed by atoms with Gasteiger partial charge in [0.1, 0.15) is 12.2 Å². The van der Waals surface area contributed by atoms with Crippen LogP contribution in [0.5, 0.6) is 11.5 Å². The summed E-state index contributed by atoms with van der Waals surface area (Å²) >= 11 is 0. The van der Waals surface area contributed by atoms with Gasteiger partial charge in [0.25, 0.3) is 0 Å². The maximum absolute atomic E-state index is 13.1. The average molecular weight is 479 g/mol. The fourth-order valence-electron chi connectivity index (χ4n) is 4.62. The minimum Gasteiger partial charge on any atom is -0.493 e. The number of carbonyl (C=O) groups excluding carboxylic acids is 2. The molecule has 4 atom stereocenters. The first-order chi connectivity index (χ1) is 16.4. The molecular formula is C24H34N2O8. The van der Waals surface area contributed by atoms with Crippen molar-refractivity contribution < 1.29 is 39.1 Å². The molecule has 4 N–H and O–H groups in total. The Morgan fingerprint density at radius 3 is 2.65 bits per heavy atom. The van der Waals surface area contributed by atoms with Crippen molar-refractivity contribution >= 4 is 11.8 Å². The summed E-state index contributed by atoms with van der Waals surface area (Å²) in [4.78, 5) is 27.2. The van der Waals surface area contributed by atoms with Crippen molar-refractivity contribution in [2.45, 2.75) is 51.0 Å². The Bertz CT molecular complexity index is 918. The molecule has 10 heteroatoms. The normalized spacial score (nSPS) is 22.8. The molecule has 1 heterocycles. The first kappa shape index (κ1) is 26.0. The van der Waals surface area contributed by atoms with Crippen molar-refractivity contribution in [1.29, 1.82) is 0 Å². The number of carbonyl (C=O) groups is 2. The predicted octanol–water partition coefficient (Wildman–Crippen LogP) is 0.0852. The fraction of sp³-hybridized carbons (Fsp3) is 0.583. The van der Waals surface area contributed by atoms with Crippen molar-refractivity contribution in [3.8, 4) is 11.5 Å². The molecule has 0 spiro atoms. The molecule has 4 unspecified atom stereocenters. The number of benzene rings is 1. The number of nitrogens with zero attached hydrogens (tertiary/aromatic N) is 1. The van der Waals surface area contributed by atoms with Gasteiger partial charge in [-0.15, -0.1) is 0 Å². The van der Waals surface area contributed by atoms with Crippen molar-refractivity contribution in [2.75, 3.05) is 40.0 Å². The molecule has 0 radical (unpaired) electrons. The molecule has 1 aromatic rings. The third-order valence-corrected chi connectivity index (χ3v) is 6.15. The van der Waals surface area contributed by atoms with Crippen LogP contribution < -0.4 is 14.8 Å². The zero-order valence-corrected chi connectivity index (χ0v) is 19.8. The van der Waals surface area contributed by atoms with Crippen molar-refractivity contribution in [1.82, 2.24) is 10.2 Å². The number of hydrogen-bond acceptors (Lipinski definition) is 8. The Hall–Kier alpha value is -2.66. The van der Waals surface area contributed by atoms with Crippen molar-refractivity contribution in [3.63, 3.8) is 0 Å². The summed E-state index contributed by atoms with van der Waals surface area (Å²) in [6.07, 6.45) is 0.206.